The summed E-state index contributed by atoms with van der Waals surface area (Å²) < 4.78 is 11.1. The van der Waals surface area contributed by atoms with E-state index in [4.69, 9.17) is 9.15 Å². The number of carbonyl (C=O) groups is 1. The van der Waals surface area contributed by atoms with Crippen LogP contribution in [0.5, 0.6) is 0 Å². The van der Waals surface area contributed by atoms with Crippen LogP contribution < -0.4 is 10.6 Å². The van der Waals surface area contributed by atoms with Crippen LogP contribution >= 0.6 is 0 Å². The largest absolute Gasteiger partial charge is 0.467 e. The molecule has 5 unspecified atom stereocenters. The van der Waals surface area contributed by atoms with Crippen molar-refractivity contribution in [3.63, 3.8) is 0 Å². The molecule has 6 heteroatoms. The molecule has 0 radical (unpaired) electrons. The van der Waals surface area contributed by atoms with Gasteiger partial charge in [-0.05, 0) is 38.3 Å². The first-order valence-corrected chi connectivity index (χ1v) is 9.00. The molecule has 24 heavy (non-hydrogen) atoms. The van der Waals surface area contributed by atoms with E-state index in [1.54, 1.807) is 12.1 Å². The first-order valence-electron chi connectivity index (χ1n) is 9.00. The molecular formula is C18H26N2O4. The molecule has 5 atom stereocenters. The summed E-state index contributed by atoms with van der Waals surface area (Å²) in [7, 11) is 0. The standard InChI is InChI=1S/C18H26N2O4/c1-11(10-13(21)14-4-2-8-23-14)19-17(22)20-15-12-5-9-24-16(12)18(15)6-3-7-18/h2,4,8,11-13,15-16,21H,3,5-7,9-10H2,1H3,(H2,19,20,22). The Bertz CT molecular complexity index is 584. The van der Waals surface area contributed by atoms with Crippen molar-refractivity contribution < 1.29 is 19.1 Å². The molecule has 3 aliphatic rings. The van der Waals surface area contributed by atoms with E-state index in [1.165, 1.54) is 12.7 Å². The lowest BCUT2D eigenvalue weighted by molar-refractivity contribution is -0.172. The zero-order valence-electron chi connectivity index (χ0n) is 14.0. The van der Waals surface area contributed by atoms with Crippen molar-refractivity contribution in [1.82, 2.24) is 10.6 Å². The maximum Gasteiger partial charge on any atom is 0.315 e. The Balaban J connectivity index is 1.29. The van der Waals surface area contributed by atoms with Gasteiger partial charge in [0.1, 0.15) is 11.9 Å². The molecule has 3 N–H and O–H groups in total. The third-order valence-corrected chi connectivity index (χ3v) is 6.15. The third-order valence-electron chi connectivity index (χ3n) is 6.15. The summed E-state index contributed by atoms with van der Waals surface area (Å²) in [6.07, 6.45) is 6.21. The van der Waals surface area contributed by atoms with Gasteiger partial charge < -0.3 is 24.9 Å². The molecule has 1 aromatic rings. The minimum absolute atomic E-state index is 0.141. The number of carbonyl (C=O) groups excluding carboxylic acids is 1. The summed E-state index contributed by atoms with van der Waals surface area (Å²) in [5, 5.41) is 16.2. The van der Waals surface area contributed by atoms with E-state index in [1.807, 2.05) is 6.92 Å². The van der Waals surface area contributed by atoms with Gasteiger partial charge in [-0.1, -0.05) is 6.42 Å². The molecule has 1 aromatic heterocycles. The highest BCUT2D eigenvalue weighted by atomic mass is 16.5. The Morgan fingerprint density at radius 3 is 3.00 bits per heavy atom. The number of aliphatic hydroxyl groups excluding tert-OH is 1. The number of fused-ring (bicyclic) bond motifs is 2. The normalized spacial score (nSPS) is 32.3. The van der Waals surface area contributed by atoms with Crippen molar-refractivity contribution >= 4 is 6.03 Å². The minimum atomic E-state index is -0.704. The fourth-order valence-corrected chi connectivity index (χ4v) is 4.85. The Hall–Kier alpha value is -1.53. The quantitative estimate of drug-likeness (QED) is 0.772. The second-order valence-electron chi connectivity index (χ2n) is 7.59. The highest BCUT2D eigenvalue weighted by Gasteiger charge is 2.66. The van der Waals surface area contributed by atoms with Gasteiger partial charge in [-0.15, -0.1) is 0 Å². The molecule has 0 bridgehead atoms. The zero-order valence-corrected chi connectivity index (χ0v) is 14.0. The number of rotatable bonds is 5. The third kappa shape index (κ3) is 2.52. The first-order chi connectivity index (χ1) is 11.6. The van der Waals surface area contributed by atoms with Crippen molar-refractivity contribution in [2.45, 2.75) is 63.3 Å². The lowest BCUT2D eigenvalue weighted by Crippen LogP contribution is -2.72. The molecule has 2 saturated carbocycles. The van der Waals surface area contributed by atoms with Crippen LogP contribution in [0.4, 0.5) is 4.79 Å². The number of hydrogen-bond acceptors (Lipinski definition) is 4. The Labute approximate surface area is 141 Å². The van der Waals surface area contributed by atoms with Crippen molar-refractivity contribution in [2.75, 3.05) is 6.61 Å². The number of amides is 2. The molecule has 2 aliphatic carbocycles. The summed E-state index contributed by atoms with van der Waals surface area (Å²) in [6.45, 7) is 2.72. The minimum Gasteiger partial charge on any atom is -0.467 e. The molecule has 132 valence electrons. The van der Waals surface area contributed by atoms with Crippen molar-refractivity contribution in [3.05, 3.63) is 24.2 Å². The number of nitrogens with one attached hydrogen (secondary N) is 2. The summed E-state index contributed by atoms with van der Waals surface area (Å²) in [4.78, 5) is 12.4. The van der Waals surface area contributed by atoms with Gasteiger partial charge in [0.2, 0.25) is 0 Å². The Morgan fingerprint density at radius 2 is 2.33 bits per heavy atom. The lowest BCUT2D eigenvalue weighted by Gasteiger charge is -2.63. The predicted molar refractivity (Wildman–Crippen MR) is 87.3 cm³/mol. The van der Waals surface area contributed by atoms with Gasteiger partial charge in [0.25, 0.3) is 0 Å². The lowest BCUT2D eigenvalue weighted by atomic mass is 9.46. The maximum atomic E-state index is 12.4. The SMILES string of the molecule is CC(CC(O)c1ccco1)NC(=O)NC1C2CCOC2C12CCC2. The van der Waals surface area contributed by atoms with E-state index < -0.39 is 6.10 Å². The van der Waals surface area contributed by atoms with E-state index in [-0.39, 0.29) is 23.5 Å². The second-order valence-corrected chi connectivity index (χ2v) is 7.59. The zero-order chi connectivity index (χ0) is 16.7. The first kappa shape index (κ1) is 16.0. The fraction of sp³-hybridized carbons (Fsp3) is 0.722. The van der Waals surface area contributed by atoms with Crippen LogP contribution in [-0.2, 0) is 4.74 Å². The molecule has 4 rings (SSSR count). The number of ether oxygens (including phenoxy) is 1. The van der Waals surface area contributed by atoms with Crippen LogP contribution in [0, 0.1) is 11.3 Å². The summed E-state index contributed by atoms with van der Waals surface area (Å²) >= 11 is 0. The molecule has 1 spiro atoms. The van der Waals surface area contributed by atoms with Gasteiger partial charge in [0, 0.05) is 36.4 Å². The van der Waals surface area contributed by atoms with Gasteiger partial charge in [-0.2, -0.15) is 0 Å². The molecule has 3 fully saturated rings. The van der Waals surface area contributed by atoms with Crippen molar-refractivity contribution in [3.8, 4) is 0 Å². The van der Waals surface area contributed by atoms with Gasteiger partial charge in [0.05, 0.1) is 12.4 Å². The summed E-state index contributed by atoms with van der Waals surface area (Å²) in [6, 6.07) is 3.44. The highest BCUT2D eigenvalue weighted by molar-refractivity contribution is 5.75. The van der Waals surface area contributed by atoms with Crippen LogP contribution in [0.25, 0.3) is 0 Å². The Morgan fingerprint density at radius 1 is 1.50 bits per heavy atom. The van der Waals surface area contributed by atoms with E-state index in [9.17, 15) is 9.90 Å². The van der Waals surface area contributed by atoms with Gasteiger partial charge in [-0.3, -0.25) is 0 Å². The van der Waals surface area contributed by atoms with E-state index in [0.717, 1.165) is 25.9 Å². The van der Waals surface area contributed by atoms with Gasteiger partial charge in [0.15, 0.2) is 0 Å². The number of furan rings is 1. The molecule has 1 saturated heterocycles. The average molecular weight is 334 g/mol. The van der Waals surface area contributed by atoms with E-state index in [0.29, 0.717) is 24.2 Å². The fourth-order valence-electron chi connectivity index (χ4n) is 4.85. The van der Waals surface area contributed by atoms with E-state index in [2.05, 4.69) is 10.6 Å². The van der Waals surface area contributed by atoms with Crippen LogP contribution in [0.2, 0.25) is 0 Å². The van der Waals surface area contributed by atoms with Crippen LogP contribution in [0.3, 0.4) is 0 Å². The summed E-state index contributed by atoms with van der Waals surface area (Å²) in [5.41, 5.74) is 0.190. The molecule has 1 aliphatic heterocycles. The topological polar surface area (TPSA) is 83.7 Å². The second kappa shape index (κ2) is 6.08. The predicted octanol–water partition coefficient (Wildman–Crippen LogP) is 2.35. The average Bonchev–Trinajstić information content (AvgIpc) is 3.13. The molecule has 2 amide bonds. The molecule has 6 nitrogen and oxygen atoms in total. The van der Waals surface area contributed by atoms with Crippen molar-refractivity contribution in [2.24, 2.45) is 11.3 Å². The molecule has 2 heterocycles. The van der Waals surface area contributed by atoms with E-state index >= 15 is 0 Å². The monoisotopic (exact) mass is 334 g/mol. The molecular weight excluding hydrogens is 308 g/mol. The molecule has 0 aromatic carbocycles. The number of aliphatic hydroxyl groups is 1. The number of urea groups is 1. The van der Waals surface area contributed by atoms with Gasteiger partial charge >= 0.3 is 6.03 Å². The highest BCUT2D eigenvalue weighted by Crippen LogP contribution is 2.62. The summed E-state index contributed by atoms with van der Waals surface area (Å²) in [5.74, 6) is 1.00. The maximum absolute atomic E-state index is 12.4. The van der Waals surface area contributed by atoms with Crippen LogP contribution in [0.15, 0.2) is 22.8 Å². The van der Waals surface area contributed by atoms with Gasteiger partial charge in [-0.25, -0.2) is 4.79 Å². The smallest absolute Gasteiger partial charge is 0.315 e. The van der Waals surface area contributed by atoms with Crippen LogP contribution in [0.1, 0.15) is 50.9 Å². The van der Waals surface area contributed by atoms with Crippen LogP contribution in [-0.4, -0.2) is 35.9 Å². The number of hydrogen-bond donors (Lipinski definition) is 3. The Kier molecular flexibility index (Phi) is 4.04. The van der Waals surface area contributed by atoms with Crippen molar-refractivity contribution in [1.29, 1.82) is 0 Å².